The molecule has 2 aromatic rings. The largest absolute Gasteiger partial charge is 0.481 e. The maximum absolute atomic E-state index is 12.3. The van der Waals surface area contributed by atoms with Crippen LogP contribution in [0.4, 0.5) is 15.6 Å². The first-order valence-corrected chi connectivity index (χ1v) is 6.99. The molecule has 0 spiro atoms. The molecule has 2 N–H and O–H groups in total. The second-order valence-electron chi connectivity index (χ2n) is 4.21. The molecule has 21 heavy (non-hydrogen) atoms. The summed E-state index contributed by atoms with van der Waals surface area (Å²) < 4.78 is 3.98. The van der Waals surface area contributed by atoms with Crippen molar-refractivity contribution in [2.45, 2.75) is 13.3 Å². The molecule has 0 atom stereocenters. The first-order valence-electron chi connectivity index (χ1n) is 6.22. The van der Waals surface area contributed by atoms with E-state index in [0.29, 0.717) is 16.6 Å². The van der Waals surface area contributed by atoms with E-state index in [1.54, 1.807) is 31.2 Å². The highest BCUT2D eigenvalue weighted by atomic mass is 32.1. The van der Waals surface area contributed by atoms with Gasteiger partial charge in [-0.2, -0.15) is 4.37 Å². The zero-order valence-electron chi connectivity index (χ0n) is 11.3. The van der Waals surface area contributed by atoms with Gasteiger partial charge in [0, 0.05) is 23.8 Å². The molecule has 110 valence electrons. The quantitative estimate of drug-likeness (QED) is 0.884. The first kappa shape index (κ1) is 14.9. The number of carbonyl (C=O) groups excluding carboxylic acids is 1. The predicted molar refractivity (Wildman–Crippen MR) is 79.7 cm³/mol. The third-order valence-corrected chi connectivity index (χ3v) is 3.33. The van der Waals surface area contributed by atoms with Crippen LogP contribution in [0.5, 0.6) is 0 Å². The van der Waals surface area contributed by atoms with Crippen LogP contribution in [0.2, 0.25) is 0 Å². The molecule has 0 aliphatic heterocycles. The van der Waals surface area contributed by atoms with Crippen molar-refractivity contribution in [1.29, 1.82) is 0 Å². The van der Waals surface area contributed by atoms with Gasteiger partial charge in [0.2, 0.25) is 5.13 Å². The molecular weight excluding hydrogens is 292 g/mol. The number of rotatable bonds is 5. The number of hydrogen-bond donors (Lipinski definition) is 2. The minimum Gasteiger partial charge on any atom is -0.481 e. The highest BCUT2D eigenvalue weighted by Gasteiger charge is 2.18. The van der Waals surface area contributed by atoms with Crippen molar-refractivity contribution in [3.8, 4) is 0 Å². The average molecular weight is 306 g/mol. The molecule has 0 aliphatic rings. The maximum Gasteiger partial charge on any atom is 0.328 e. The molecule has 0 unspecified atom stereocenters. The molecule has 0 saturated carbocycles. The summed E-state index contributed by atoms with van der Waals surface area (Å²) in [6.45, 7) is 1.80. The van der Waals surface area contributed by atoms with Crippen LogP contribution >= 0.6 is 11.5 Å². The summed E-state index contributed by atoms with van der Waals surface area (Å²) >= 11 is 1.08. The number of urea groups is 1. The molecule has 0 aliphatic carbocycles. The van der Waals surface area contributed by atoms with Crippen molar-refractivity contribution in [1.82, 2.24) is 9.36 Å². The fourth-order valence-corrected chi connectivity index (χ4v) is 2.24. The van der Waals surface area contributed by atoms with Gasteiger partial charge in [-0.25, -0.2) is 9.78 Å². The standard InChI is InChI=1S/C13H14N4O3S/c1-9-14-12(21-16-9)15-13(20)17(8-7-11(18)19)10-5-3-2-4-6-10/h2-6H,7-8H2,1H3,(H,18,19)(H,14,15,16,20). The Morgan fingerprint density at radius 1 is 1.33 bits per heavy atom. The Hall–Kier alpha value is -2.48. The second kappa shape index (κ2) is 6.80. The van der Waals surface area contributed by atoms with Crippen molar-refractivity contribution in [2.75, 3.05) is 16.8 Å². The first-order chi connectivity index (χ1) is 10.1. The molecule has 0 radical (unpaired) electrons. The number of para-hydroxylation sites is 1. The minimum absolute atomic E-state index is 0.0724. The van der Waals surface area contributed by atoms with E-state index in [1.807, 2.05) is 6.07 Å². The number of anilines is 2. The van der Waals surface area contributed by atoms with Crippen molar-refractivity contribution < 1.29 is 14.7 Å². The van der Waals surface area contributed by atoms with E-state index in [1.165, 1.54) is 4.90 Å². The molecule has 0 saturated heterocycles. The third-order valence-electron chi connectivity index (χ3n) is 2.60. The minimum atomic E-state index is -0.963. The van der Waals surface area contributed by atoms with Gasteiger partial charge in [0.15, 0.2) is 0 Å². The summed E-state index contributed by atoms with van der Waals surface area (Å²) in [7, 11) is 0. The molecule has 0 bridgehead atoms. The van der Waals surface area contributed by atoms with E-state index in [-0.39, 0.29) is 13.0 Å². The topological polar surface area (TPSA) is 95.4 Å². The number of carbonyl (C=O) groups is 2. The van der Waals surface area contributed by atoms with Gasteiger partial charge in [0.25, 0.3) is 0 Å². The summed E-state index contributed by atoms with van der Waals surface area (Å²) in [4.78, 5) is 28.5. The van der Waals surface area contributed by atoms with Crippen LogP contribution in [0.3, 0.4) is 0 Å². The number of nitrogens with zero attached hydrogens (tertiary/aromatic N) is 3. The number of benzene rings is 1. The molecule has 1 aromatic carbocycles. The third kappa shape index (κ3) is 4.25. The number of carboxylic acid groups (broad SMARTS) is 1. The van der Waals surface area contributed by atoms with Gasteiger partial charge in [-0.1, -0.05) is 18.2 Å². The Morgan fingerprint density at radius 2 is 2.05 bits per heavy atom. The summed E-state index contributed by atoms with van der Waals surface area (Å²) in [6.07, 6.45) is -0.141. The maximum atomic E-state index is 12.3. The Kier molecular flexibility index (Phi) is 4.83. The molecular formula is C13H14N4O3S. The fraction of sp³-hybridized carbons (Fsp3) is 0.231. The van der Waals surface area contributed by atoms with Gasteiger partial charge in [-0.3, -0.25) is 15.0 Å². The molecule has 2 rings (SSSR count). The predicted octanol–water partition coefficient (Wildman–Crippen LogP) is 2.36. The molecule has 2 amide bonds. The lowest BCUT2D eigenvalue weighted by Gasteiger charge is -2.21. The highest BCUT2D eigenvalue weighted by Crippen LogP contribution is 2.17. The van der Waals surface area contributed by atoms with Gasteiger partial charge in [-0.05, 0) is 19.1 Å². The van der Waals surface area contributed by atoms with Crippen molar-refractivity contribution in [3.05, 3.63) is 36.2 Å². The van der Waals surface area contributed by atoms with Gasteiger partial charge >= 0.3 is 12.0 Å². The Labute approximate surface area is 125 Å². The second-order valence-corrected chi connectivity index (χ2v) is 4.96. The van der Waals surface area contributed by atoms with Gasteiger partial charge in [-0.15, -0.1) is 0 Å². The van der Waals surface area contributed by atoms with Crippen LogP contribution in [0.15, 0.2) is 30.3 Å². The van der Waals surface area contributed by atoms with E-state index in [2.05, 4.69) is 14.7 Å². The van der Waals surface area contributed by atoms with Crippen molar-refractivity contribution in [3.63, 3.8) is 0 Å². The summed E-state index contributed by atoms with van der Waals surface area (Å²) in [5.41, 5.74) is 0.623. The zero-order valence-corrected chi connectivity index (χ0v) is 12.1. The highest BCUT2D eigenvalue weighted by molar-refractivity contribution is 7.09. The van der Waals surface area contributed by atoms with Crippen LogP contribution in [0.1, 0.15) is 12.2 Å². The summed E-state index contributed by atoms with van der Waals surface area (Å²) in [5.74, 6) is -0.386. The SMILES string of the molecule is Cc1nsc(NC(=O)N(CCC(=O)O)c2ccccc2)n1. The summed E-state index contributed by atoms with van der Waals surface area (Å²) in [5, 5.41) is 11.8. The number of carboxylic acids is 1. The Balaban J connectivity index is 2.14. The van der Waals surface area contributed by atoms with Gasteiger partial charge in [0.05, 0.1) is 6.42 Å². The summed E-state index contributed by atoms with van der Waals surface area (Å²) in [6, 6.07) is 8.44. The molecule has 8 heteroatoms. The number of aliphatic carboxylic acids is 1. The van der Waals surface area contributed by atoms with Crippen LogP contribution in [0, 0.1) is 6.92 Å². The van der Waals surface area contributed by atoms with Crippen molar-refractivity contribution in [2.24, 2.45) is 0 Å². The van der Waals surface area contributed by atoms with Gasteiger partial charge in [0.1, 0.15) is 5.82 Å². The normalized spacial score (nSPS) is 10.1. The molecule has 0 fully saturated rings. The number of nitrogens with one attached hydrogen (secondary N) is 1. The number of aryl methyl sites for hydroxylation is 1. The number of amides is 2. The fourth-order valence-electron chi connectivity index (χ4n) is 1.67. The monoisotopic (exact) mass is 306 g/mol. The Bertz CT molecular complexity index is 629. The molecule has 1 aromatic heterocycles. The lowest BCUT2D eigenvalue weighted by molar-refractivity contribution is -0.136. The van der Waals surface area contributed by atoms with E-state index >= 15 is 0 Å². The van der Waals surface area contributed by atoms with Crippen LogP contribution < -0.4 is 10.2 Å². The van der Waals surface area contributed by atoms with Crippen molar-refractivity contribution >= 4 is 34.4 Å². The van der Waals surface area contributed by atoms with E-state index in [0.717, 1.165) is 11.5 Å². The Morgan fingerprint density at radius 3 is 2.62 bits per heavy atom. The lowest BCUT2D eigenvalue weighted by atomic mass is 10.3. The van der Waals surface area contributed by atoms with Crippen LogP contribution in [-0.4, -0.2) is 33.0 Å². The smallest absolute Gasteiger partial charge is 0.328 e. The van der Waals surface area contributed by atoms with E-state index in [9.17, 15) is 9.59 Å². The van der Waals surface area contributed by atoms with Gasteiger partial charge < -0.3 is 5.11 Å². The van der Waals surface area contributed by atoms with Crippen LogP contribution in [-0.2, 0) is 4.79 Å². The van der Waals surface area contributed by atoms with Crippen LogP contribution in [0.25, 0.3) is 0 Å². The average Bonchev–Trinajstić information content (AvgIpc) is 2.85. The number of hydrogen-bond acceptors (Lipinski definition) is 5. The molecule has 1 heterocycles. The zero-order chi connectivity index (χ0) is 15.2. The molecule has 7 nitrogen and oxygen atoms in total. The lowest BCUT2D eigenvalue weighted by Crippen LogP contribution is -2.36. The van der Waals surface area contributed by atoms with E-state index in [4.69, 9.17) is 5.11 Å². The van der Waals surface area contributed by atoms with E-state index < -0.39 is 12.0 Å². The number of aromatic nitrogens is 2.